The number of halogens is 1. The minimum absolute atomic E-state index is 0.234. The lowest BCUT2D eigenvalue weighted by molar-refractivity contribution is 0.0964. The highest BCUT2D eigenvalue weighted by atomic mass is 32.2. The summed E-state index contributed by atoms with van der Waals surface area (Å²) in [6, 6.07) is 16.2. The van der Waals surface area contributed by atoms with Crippen molar-refractivity contribution >= 4 is 44.7 Å². The Hall–Kier alpha value is -4.96. The first-order valence-electron chi connectivity index (χ1n) is 12.9. The van der Waals surface area contributed by atoms with Crippen LogP contribution in [0.5, 0.6) is 0 Å². The monoisotopic (exact) mass is 585 g/mol. The van der Waals surface area contributed by atoms with Crippen LogP contribution in [0, 0.1) is 5.82 Å². The van der Waals surface area contributed by atoms with Gasteiger partial charge in [0, 0.05) is 42.2 Å². The Morgan fingerprint density at radius 1 is 1.05 bits per heavy atom. The third-order valence-corrected chi connectivity index (χ3v) is 8.04. The van der Waals surface area contributed by atoms with Crippen LogP contribution in [0.1, 0.15) is 17.3 Å². The molecule has 0 aliphatic carbocycles. The van der Waals surface area contributed by atoms with Crippen molar-refractivity contribution in [1.82, 2.24) is 10.3 Å². The van der Waals surface area contributed by atoms with Gasteiger partial charge in [-0.3, -0.25) is 9.10 Å². The lowest BCUT2D eigenvalue weighted by Crippen LogP contribution is -2.25. The molecule has 1 N–H and O–H groups in total. The van der Waals surface area contributed by atoms with Gasteiger partial charge in [0.15, 0.2) is 5.42 Å². The minimum Gasteiger partial charge on any atom is -0.455 e. The number of hydrogen-bond acceptors (Lipinski definition) is 6. The molecular formula is C32H28FN3O5S. The van der Waals surface area contributed by atoms with Crippen molar-refractivity contribution in [2.75, 3.05) is 24.7 Å². The zero-order valence-electron chi connectivity index (χ0n) is 23.4. The van der Waals surface area contributed by atoms with Crippen molar-refractivity contribution in [3.05, 3.63) is 95.5 Å². The van der Waals surface area contributed by atoms with Crippen molar-refractivity contribution in [3.63, 3.8) is 0 Å². The average molecular weight is 586 g/mol. The minimum atomic E-state index is -3.69. The van der Waals surface area contributed by atoms with Crippen molar-refractivity contribution in [3.8, 4) is 33.9 Å². The van der Waals surface area contributed by atoms with E-state index in [2.05, 4.69) is 16.9 Å². The molecule has 0 aliphatic heterocycles. The van der Waals surface area contributed by atoms with Gasteiger partial charge in [-0.25, -0.2) is 17.8 Å². The molecule has 42 heavy (non-hydrogen) atoms. The number of rotatable bonds is 7. The lowest BCUT2D eigenvalue weighted by Gasteiger charge is -2.21. The summed E-state index contributed by atoms with van der Waals surface area (Å²) in [4.78, 5) is 17.7. The van der Waals surface area contributed by atoms with Gasteiger partial charge in [0.1, 0.15) is 22.5 Å². The van der Waals surface area contributed by atoms with Crippen molar-refractivity contribution < 1.29 is 26.4 Å². The number of carbonyl (C=O) groups is 1. The first-order valence-corrected chi connectivity index (χ1v) is 14.8. The summed E-state index contributed by atoms with van der Waals surface area (Å²) in [5, 5.41) is 3.77. The Morgan fingerprint density at radius 3 is 2.40 bits per heavy atom. The third kappa shape index (κ3) is 5.24. The Bertz CT molecular complexity index is 2080. The summed E-state index contributed by atoms with van der Waals surface area (Å²) < 4.78 is 52.4. The smallest absolute Gasteiger partial charge is 0.255 e. The summed E-state index contributed by atoms with van der Waals surface area (Å²) >= 11 is 0. The maximum atomic E-state index is 13.7. The van der Waals surface area contributed by atoms with Gasteiger partial charge in [0.2, 0.25) is 15.9 Å². The van der Waals surface area contributed by atoms with Gasteiger partial charge in [-0.2, -0.15) is 0 Å². The van der Waals surface area contributed by atoms with Crippen LogP contribution in [0.15, 0.2) is 82.2 Å². The van der Waals surface area contributed by atoms with Crippen LogP contribution < -0.4 is 20.4 Å². The molecule has 0 radical (unpaired) electrons. The van der Waals surface area contributed by atoms with E-state index >= 15 is 0 Å². The van der Waals surface area contributed by atoms with E-state index in [0.717, 1.165) is 10.6 Å². The van der Waals surface area contributed by atoms with E-state index in [4.69, 9.17) is 8.83 Å². The molecule has 0 unspecified atom stereocenters. The van der Waals surface area contributed by atoms with Crippen molar-refractivity contribution in [2.45, 2.75) is 6.92 Å². The fourth-order valence-electron chi connectivity index (χ4n) is 4.68. The average Bonchev–Trinajstić information content (AvgIpc) is 3.57. The van der Waals surface area contributed by atoms with Crippen LogP contribution in [0.25, 0.3) is 57.0 Å². The van der Waals surface area contributed by atoms with E-state index in [1.54, 1.807) is 24.3 Å². The van der Waals surface area contributed by atoms with Crippen LogP contribution in [0.3, 0.4) is 0 Å². The van der Waals surface area contributed by atoms with E-state index in [1.165, 1.54) is 38.4 Å². The summed E-state index contributed by atoms with van der Waals surface area (Å²) in [7, 11) is -0.740. The molecule has 10 heteroatoms. The molecule has 0 saturated heterocycles. The number of benzene rings is 3. The van der Waals surface area contributed by atoms with Crippen LogP contribution >= 0.6 is 0 Å². The molecule has 2 heterocycles. The maximum Gasteiger partial charge on any atom is 0.255 e. The van der Waals surface area contributed by atoms with Crippen LogP contribution in [0.4, 0.5) is 10.1 Å². The van der Waals surface area contributed by atoms with Crippen LogP contribution in [0.2, 0.25) is 0 Å². The van der Waals surface area contributed by atoms with E-state index in [0.29, 0.717) is 55.6 Å². The summed E-state index contributed by atoms with van der Waals surface area (Å²) in [5.41, 5.74) is 3.77. The zero-order valence-corrected chi connectivity index (χ0v) is 24.3. The number of hydrogen-bond donors (Lipinski definition) is 1. The predicted octanol–water partition coefficient (Wildman–Crippen LogP) is 5.08. The number of furan rings is 1. The van der Waals surface area contributed by atoms with Gasteiger partial charge in [0.25, 0.3) is 5.91 Å². The normalized spacial score (nSPS) is 12.6. The highest BCUT2D eigenvalue weighted by Crippen LogP contribution is 2.41. The topological polar surface area (TPSA) is 106 Å². The lowest BCUT2D eigenvalue weighted by atomic mass is 9.97. The first kappa shape index (κ1) is 28.6. The first-order chi connectivity index (χ1) is 20.0. The number of oxazole rings is 1. The molecule has 1 amide bonds. The largest absolute Gasteiger partial charge is 0.455 e. The molecule has 0 atom stereocenters. The molecule has 0 fully saturated rings. The van der Waals surface area contributed by atoms with Gasteiger partial charge >= 0.3 is 0 Å². The van der Waals surface area contributed by atoms with E-state index in [1.807, 2.05) is 37.3 Å². The molecule has 5 rings (SSSR count). The second-order valence-corrected chi connectivity index (χ2v) is 11.5. The number of allylic oxidation sites excluding steroid dienone is 1. The second-order valence-electron chi connectivity index (χ2n) is 9.53. The molecule has 0 aliphatic rings. The molecule has 8 nitrogen and oxygen atoms in total. The zero-order chi connectivity index (χ0) is 30.2. The standard InChI is InChI=1S/C32H28FN3O5S/c1-6-9-27-25(7-2)35-32(41-27)21-11-8-10-20(16-21)23-17-24-28(18-26(23)36(4)42(5,38)39)40-30(29(24)31(37)34-3)19-12-14-22(33)15-13-19/h6-18H,1H2,2-5H3,(H,34,37)/b25-7+,27-9+. The third-order valence-electron chi connectivity index (χ3n) is 6.85. The van der Waals surface area contributed by atoms with Crippen LogP contribution in [-0.4, -0.2) is 39.7 Å². The van der Waals surface area contributed by atoms with E-state index in [-0.39, 0.29) is 11.3 Å². The molecule has 2 aromatic heterocycles. The van der Waals surface area contributed by atoms with Gasteiger partial charge in [0.05, 0.1) is 17.5 Å². The van der Waals surface area contributed by atoms with E-state index < -0.39 is 21.7 Å². The van der Waals surface area contributed by atoms with Crippen molar-refractivity contribution in [2.24, 2.45) is 0 Å². The Kier molecular flexibility index (Phi) is 7.57. The molecule has 0 spiro atoms. The van der Waals surface area contributed by atoms with E-state index in [9.17, 15) is 17.6 Å². The number of fused-ring (bicyclic) bond motifs is 1. The molecule has 0 bridgehead atoms. The molecule has 5 aromatic rings. The number of nitrogens with one attached hydrogen (secondary N) is 1. The molecule has 0 saturated carbocycles. The van der Waals surface area contributed by atoms with Crippen molar-refractivity contribution in [1.29, 1.82) is 0 Å². The maximum absolute atomic E-state index is 13.7. The number of aromatic nitrogens is 1. The number of amides is 1. The van der Waals surface area contributed by atoms with Gasteiger partial charge in [-0.1, -0.05) is 30.9 Å². The Balaban J connectivity index is 1.80. The second kappa shape index (κ2) is 11.1. The SMILES string of the molecule is C=C/C=c1/oc(-c2cccc(-c3cc4c(C(=O)NC)c(-c5ccc(F)cc5)oc4cc3N(C)S(C)(=O)=O)c2)n/c1=C/C. The fraction of sp³-hybridized carbons (Fsp3) is 0.125. The van der Waals surface area contributed by atoms with Crippen LogP contribution in [-0.2, 0) is 10.0 Å². The quantitative estimate of drug-likeness (QED) is 0.286. The summed E-state index contributed by atoms with van der Waals surface area (Å²) in [5.74, 6) is -0.228. The Morgan fingerprint density at radius 2 is 1.76 bits per heavy atom. The number of sulfonamides is 1. The Labute approximate surface area is 242 Å². The molecular weight excluding hydrogens is 557 g/mol. The van der Waals surface area contributed by atoms with Gasteiger partial charge in [-0.05, 0) is 61.0 Å². The summed E-state index contributed by atoms with van der Waals surface area (Å²) in [6.45, 7) is 5.58. The summed E-state index contributed by atoms with van der Waals surface area (Å²) in [6.07, 6.45) is 6.27. The fourth-order valence-corrected chi connectivity index (χ4v) is 5.19. The van der Waals surface area contributed by atoms with Gasteiger partial charge in [-0.15, -0.1) is 0 Å². The molecule has 214 valence electrons. The number of anilines is 1. The predicted molar refractivity (Wildman–Crippen MR) is 163 cm³/mol. The highest BCUT2D eigenvalue weighted by Gasteiger charge is 2.26. The molecule has 3 aromatic carbocycles. The van der Waals surface area contributed by atoms with Gasteiger partial charge < -0.3 is 14.2 Å². The number of carbonyl (C=O) groups excluding carboxylic acids is 1. The number of nitrogens with zero attached hydrogens (tertiary/aromatic N) is 2. The highest BCUT2D eigenvalue weighted by molar-refractivity contribution is 7.92.